The first-order chi connectivity index (χ1) is 14.3. The first kappa shape index (κ1) is 18.6. The molecule has 0 amide bonds. The van der Waals surface area contributed by atoms with Crippen molar-refractivity contribution in [2.75, 3.05) is 18.5 Å². The Kier molecular flexibility index (Phi) is 5.21. The number of halogens is 1. The third kappa shape index (κ3) is 4.00. The molecule has 0 spiro atoms. The summed E-state index contributed by atoms with van der Waals surface area (Å²) in [6.07, 6.45) is 11.9. The molecule has 7 heteroatoms. The third-order valence-electron chi connectivity index (χ3n) is 5.98. The molecule has 1 saturated heterocycles. The van der Waals surface area contributed by atoms with E-state index in [0.29, 0.717) is 11.9 Å². The van der Waals surface area contributed by atoms with E-state index >= 15 is 0 Å². The normalized spacial score (nSPS) is 20.5. The molecule has 1 aliphatic heterocycles. The highest BCUT2D eigenvalue weighted by Crippen LogP contribution is 2.29. The Morgan fingerprint density at radius 2 is 1.90 bits per heavy atom. The molecule has 0 bridgehead atoms. The summed E-state index contributed by atoms with van der Waals surface area (Å²) in [4.78, 5) is 13.5. The van der Waals surface area contributed by atoms with Crippen molar-refractivity contribution in [2.24, 2.45) is 5.92 Å². The molecule has 1 atom stereocenters. The molecular formula is C22H25ClN6. The van der Waals surface area contributed by atoms with E-state index < -0.39 is 0 Å². The second kappa shape index (κ2) is 8.13. The van der Waals surface area contributed by atoms with Gasteiger partial charge in [-0.05, 0) is 55.2 Å². The van der Waals surface area contributed by atoms with E-state index in [0.717, 1.165) is 62.3 Å². The molecule has 6 nitrogen and oxygen atoms in total. The maximum atomic E-state index is 6.25. The van der Waals surface area contributed by atoms with Crippen LogP contribution in [0.1, 0.15) is 37.3 Å². The summed E-state index contributed by atoms with van der Waals surface area (Å²) >= 11 is 6.25. The quantitative estimate of drug-likeness (QED) is 0.491. The lowest BCUT2D eigenvalue weighted by molar-refractivity contribution is 0.216. The van der Waals surface area contributed by atoms with Crippen molar-refractivity contribution in [3.05, 3.63) is 59.7 Å². The van der Waals surface area contributed by atoms with Crippen LogP contribution in [0.3, 0.4) is 0 Å². The van der Waals surface area contributed by atoms with Crippen molar-refractivity contribution in [3.63, 3.8) is 0 Å². The predicted molar refractivity (Wildman–Crippen MR) is 116 cm³/mol. The molecule has 3 heterocycles. The van der Waals surface area contributed by atoms with Gasteiger partial charge in [0.2, 0.25) is 5.28 Å². The molecule has 2 aliphatic rings. The van der Waals surface area contributed by atoms with Gasteiger partial charge in [-0.1, -0.05) is 42.5 Å². The molecule has 150 valence electrons. The summed E-state index contributed by atoms with van der Waals surface area (Å²) in [5, 5.41) is 2.48. The zero-order valence-electron chi connectivity index (χ0n) is 16.3. The molecule has 5 rings (SSSR count). The summed E-state index contributed by atoms with van der Waals surface area (Å²) in [6.45, 7) is 1.96. The van der Waals surface area contributed by atoms with E-state index in [2.05, 4.69) is 72.4 Å². The number of benzene rings is 1. The number of nitrogens with one attached hydrogen (secondary N) is 1. The number of hydrazine groups is 1. The third-order valence-corrected chi connectivity index (χ3v) is 6.15. The van der Waals surface area contributed by atoms with Crippen LogP contribution < -0.4 is 5.43 Å². The Bertz CT molecular complexity index is 1010. The average molecular weight is 409 g/mol. The fraction of sp³-hybridized carbons (Fsp3) is 0.409. The molecular weight excluding hydrogens is 384 g/mol. The first-order valence-electron chi connectivity index (χ1n) is 10.4. The molecule has 0 radical (unpaired) electrons. The van der Waals surface area contributed by atoms with E-state index in [9.17, 15) is 0 Å². The lowest BCUT2D eigenvalue weighted by Gasteiger charge is -2.32. The number of hydrogen-bond donors (Lipinski definition) is 1. The minimum atomic E-state index is 0.252. The predicted octanol–water partition coefficient (Wildman–Crippen LogP) is 4.65. The summed E-state index contributed by atoms with van der Waals surface area (Å²) in [5.74, 6) is 1.42. The number of piperidine rings is 1. The van der Waals surface area contributed by atoms with Gasteiger partial charge in [0, 0.05) is 13.1 Å². The number of imidazole rings is 1. The molecule has 29 heavy (non-hydrogen) atoms. The first-order valence-corrected chi connectivity index (χ1v) is 10.8. The summed E-state index contributed by atoms with van der Waals surface area (Å²) in [7, 11) is 0. The van der Waals surface area contributed by atoms with E-state index in [1.54, 1.807) is 0 Å². The minimum Gasteiger partial charge on any atom is -0.308 e. The smallest absolute Gasteiger partial charge is 0.226 e. The van der Waals surface area contributed by atoms with Gasteiger partial charge in [-0.2, -0.15) is 9.97 Å². The van der Waals surface area contributed by atoms with Crippen LogP contribution in [0, 0.1) is 5.92 Å². The number of allylic oxidation sites excluding steroid dienone is 2. The Balaban J connectivity index is 1.28. The van der Waals surface area contributed by atoms with Crippen LogP contribution in [-0.4, -0.2) is 37.6 Å². The SMILES string of the molecule is Clc1nc(NN2CCC(Cc3ccccc3)CC2)c2ncn(C3C=CCC3)c2n1. The lowest BCUT2D eigenvalue weighted by atomic mass is 9.91. The van der Waals surface area contributed by atoms with Gasteiger partial charge in [0.15, 0.2) is 17.0 Å². The van der Waals surface area contributed by atoms with Gasteiger partial charge in [-0.15, -0.1) is 0 Å². The zero-order chi connectivity index (χ0) is 19.6. The highest BCUT2D eigenvalue weighted by molar-refractivity contribution is 6.28. The van der Waals surface area contributed by atoms with Crippen LogP contribution in [0.25, 0.3) is 11.2 Å². The van der Waals surface area contributed by atoms with E-state index in [1.165, 1.54) is 5.56 Å². The molecule has 2 aromatic heterocycles. The number of fused-ring (bicyclic) bond motifs is 1. The molecule has 1 aliphatic carbocycles. The van der Waals surface area contributed by atoms with E-state index in [-0.39, 0.29) is 5.28 Å². The lowest BCUT2D eigenvalue weighted by Crippen LogP contribution is -2.38. The second-order valence-corrected chi connectivity index (χ2v) is 8.31. The number of hydrogen-bond acceptors (Lipinski definition) is 5. The number of rotatable bonds is 5. The molecule has 0 saturated carbocycles. The van der Waals surface area contributed by atoms with Crippen molar-refractivity contribution in [2.45, 2.75) is 38.1 Å². The summed E-state index contributed by atoms with van der Waals surface area (Å²) in [5.41, 5.74) is 6.46. The van der Waals surface area contributed by atoms with Gasteiger partial charge in [-0.3, -0.25) is 0 Å². The van der Waals surface area contributed by atoms with Gasteiger partial charge in [0.05, 0.1) is 12.4 Å². The van der Waals surface area contributed by atoms with Gasteiger partial charge in [0.25, 0.3) is 0 Å². The highest BCUT2D eigenvalue weighted by Gasteiger charge is 2.23. The zero-order valence-corrected chi connectivity index (χ0v) is 17.1. The van der Waals surface area contributed by atoms with Crippen molar-refractivity contribution in [1.82, 2.24) is 24.5 Å². The fourth-order valence-corrected chi connectivity index (χ4v) is 4.57. The standard InChI is InChI=1S/C22H25ClN6/c23-22-25-20(19-21(26-22)29(15-24-19)18-8-4-5-9-18)27-28-12-10-17(11-13-28)14-16-6-2-1-3-7-16/h1-4,6-8,15,17-18H,5,9-14H2,(H,25,26,27). The molecule has 1 N–H and O–H groups in total. The molecule has 1 aromatic carbocycles. The number of nitrogens with zero attached hydrogens (tertiary/aromatic N) is 5. The van der Waals surface area contributed by atoms with Crippen LogP contribution in [0.15, 0.2) is 48.8 Å². The molecule has 3 aromatic rings. The maximum absolute atomic E-state index is 6.25. The Morgan fingerprint density at radius 1 is 1.07 bits per heavy atom. The largest absolute Gasteiger partial charge is 0.308 e. The summed E-state index contributed by atoms with van der Waals surface area (Å²) < 4.78 is 2.10. The van der Waals surface area contributed by atoms with Gasteiger partial charge in [-0.25, -0.2) is 9.99 Å². The molecule has 1 unspecified atom stereocenters. The highest BCUT2D eigenvalue weighted by atomic mass is 35.5. The number of aromatic nitrogens is 4. The topological polar surface area (TPSA) is 58.9 Å². The van der Waals surface area contributed by atoms with Crippen molar-refractivity contribution in [1.29, 1.82) is 0 Å². The van der Waals surface area contributed by atoms with Gasteiger partial charge < -0.3 is 9.99 Å². The fourth-order valence-electron chi connectivity index (χ4n) is 4.41. The van der Waals surface area contributed by atoms with Gasteiger partial charge in [0.1, 0.15) is 0 Å². The summed E-state index contributed by atoms with van der Waals surface area (Å²) in [6, 6.07) is 11.1. The Morgan fingerprint density at radius 3 is 2.66 bits per heavy atom. The van der Waals surface area contributed by atoms with Crippen LogP contribution in [0.2, 0.25) is 5.28 Å². The monoisotopic (exact) mass is 408 g/mol. The van der Waals surface area contributed by atoms with Crippen LogP contribution in [0.4, 0.5) is 5.82 Å². The van der Waals surface area contributed by atoms with E-state index in [4.69, 9.17) is 11.6 Å². The van der Waals surface area contributed by atoms with Crippen LogP contribution in [-0.2, 0) is 6.42 Å². The maximum Gasteiger partial charge on any atom is 0.226 e. The van der Waals surface area contributed by atoms with Crippen LogP contribution in [0.5, 0.6) is 0 Å². The van der Waals surface area contributed by atoms with Crippen molar-refractivity contribution < 1.29 is 0 Å². The van der Waals surface area contributed by atoms with Crippen molar-refractivity contribution in [3.8, 4) is 0 Å². The number of anilines is 1. The Hall–Kier alpha value is -2.44. The van der Waals surface area contributed by atoms with E-state index in [1.807, 2.05) is 6.33 Å². The molecule has 1 fully saturated rings. The second-order valence-electron chi connectivity index (χ2n) is 7.97. The Labute approximate surface area is 175 Å². The van der Waals surface area contributed by atoms with Crippen LogP contribution >= 0.6 is 11.6 Å². The average Bonchev–Trinajstić information content (AvgIpc) is 3.40. The van der Waals surface area contributed by atoms with Gasteiger partial charge >= 0.3 is 0 Å². The minimum absolute atomic E-state index is 0.252. The van der Waals surface area contributed by atoms with Crippen molar-refractivity contribution >= 4 is 28.6 Å².